The lowest BCUT2D eigenvalue weighted by Gasteiger charge is -2.03. The highest BCUT2D eigenvalue weighted by molar-refractivity contribution is 7.99. The molecular weight excluding hydrogens is 402 g/mol. The van der Waals surface area contributed by atoms with E-state index in [1.807, 2.05) is 51.8 Å². The predicted octanol–water partition coefficient (Wildman–Crippen LogP) is 4.46. The molecule has 29 heavy (non-hydrogen) atoms. The summed E-state index contributed by atoms with van der Waals surface area (Å²) in [5.74, 6) is 2.27. The smallest absolute Gasteiger partial charge is 0.215 e. The number of thiophene rings is 1. The van der Waals surface area contributed by atoms with Crippen LogP contribution in [0.3, 0.4) is 0 Å². The van der Waals surface area contributed by atoms with Gasteiger partial charge in [0.2, 0.25) is 5.16 Å². The summed E-state index contributed by atoms with van der Waals surface area (Å²) in [6.07, 6.45) is 2.34. The summed E-state index contributed by atoms with van der Waals surface area (Å²) in [7, 11) is 0. The molecule has 0 aliphatic heterocycles. The maximum absolute atomic E-state index is 4.82. The first-order valence-corrected chi connectivity index (χ1v) is 11.1. The molecule has 0 unspecified atom stereocenters. The molecule has 142 valence electrons. The Balaban J connectivity index is 1.37. The maximum Gasteiger partial charge on any atom is 0.215 e. The van der Waals surface area contributed by atoms with Crippen LogP contribution >= 0.6 is 23.1 Å². The van der Waals surface area contributed by atoms with E-state index in [0.29, 0.717) is 11.1 Å². The third kappa shape index (κ3) is 3.12. The second kappa shape index (κ2) is 6.78. The normalized spacial score (nSPS) is 13.9. The summed E-state index contributed by atoms with van der Waals surface area (Å²) in [5, 5.41) is 23.6. The van der Waals surface area contributed by atoms with Crippen LogP contribution in [-0.2, 0) is 0 Å². The average molecular weight is 418 g/mol. The van der Waals surface area contributed by atoms with Crippen LogP contribution < -0.4 is 0 Å². The standard InChI is InChI=1S/C20H15N7S2/c1-2-4-15(5-3-1)26-18(13-6-7-13)21-20(25-26)29-17-9-8-16-22-23-19(27(16)24-17)14-10-11-28-12-14/h1-5,8-13H,6-7H2. The van der Waals surface area contributed by atoms with E-state index in [1.54, 1.807) is 15.9 Å². The zero-order chi connectivity index (χ0) is 19.2. The van der Waals surface area contributed by atoms with Crippen molar-refractivity contribution in [3.8, 4) is 17.1 Å². The van der Waals surface area contributed by atoms with Crippen molar-refractivity contribution < 1.29 is 0 Å². The van der Waals surface area contributed by atoms with Gasteiger partial charge in [0.05, 0.1) is 5.69 Å². The molecule has 1 aromatic carbocycles. The van der Waals surface area contributed by atoms with Gasteiger partial charge in [0.25, 0.3) is 0 Å². The third-order valence-electron chi connectivity index (χ3n) is 4.77. The van der Waals surface area contributed by atoms with Gasteiger partial charge in [-0.25, -0.2) is 9.67 Å². The molecule has 1 fully saturated rings. The van der Waals surface area contributed by atoms with E-state index < -0.39 is 0 Å². The Labute approximate surface area is 174 Å². The van der Waals surface area contributed by atoms with Gasteiger partial charge >= 0.3 is 0 Å². The van der Waals surface area contributed by atoms with Crippen molar-refractivity contribution in [3.05, 3.63) is 65.1 Å². The second-order valence-corrected chi connectivity index (χ2v) is 8.62. The molecule has 0 radical (unpaired) electrons. The molecule has 4 heterocycles. The molecule has 0 bridgehead atoms. The first-order chi connectivity index (χ1) is 14.3. The van der Waals surface area contributed by atoms with Crippen molar-refractivity contribution in [1.82, 2.24) is 34.6 Å². The Morgan fingerprint density at radius 1 is 0.966 bits per heavy atom. The molecule has 0 spiro atoms. The average Bonchev–Trinajstić information content (AvgIpc) is 3.15. The first kappa shape index (κ1) is 16.9. The Morgan fingerprint density at radius 3 is 2.66 bits per heavy atom. The van der Waals surface area contributed by atoms with Crippen LogP contribution in [0.1, 0.15) is 24.6 Å². The fourth-order valence-corrected chi connectivity index (χ4v) is 4.55. The largest absolute Gasteiger partial charge is 0.216 e. The highest BCUT2D eigenvalue weighted by Gasteiger charge is 2.30. The Morgan fingerprint density at radius 2 is 1.86 bits per heavy atom. The molecule has 1 aliphatic carbocycles. The van der Waals surface area contributed by atoms with Crippen molar-refractivity contribution in [1.29, 1.82) is 0 Å². The minimum atomic E-state index is 0.496. The number of benzene rings is 1. The summed E-state index contributed by atoms with van der Waals surface area (Å²) in [6.45, 7) is 0. The summed E-state index contributed by atoms with van der Waals surface area (Å²) in [4.78, 5) is 4.82. The quantitative estimate of drug-likeness (QED) is 0.420. The van der Waals surface area contributed by atoms with Gasteiger partial charge in [-0.1, -0.05) is 18.2 Å². The monoisotopic (exact) mass is 417 g/mol. The summed E-state index contributed by atoms with van der Waals surface area (Å²) in [6, 6.07) is 16.1. The van der Waals surface area contributed by atoms with E-state index >= 15 is 0 Å². The molecule has 1 aliphatic rings. The second-order valence-electron chi connectivity index (χ2n) is 6.85. The first-order valence-electron chi connectivity index (χ1n) is 9.30. The van der Waals surface area contributed by atoms with Crippen LogP contribution in [0.4, 0.5) is 0 Å². The number of hydrogen-bond donors (Lipinski definition) is 0. The molecule has 4 aromatic heterocycles. The lowest BCUT2D eigenvalue weighted by molar-refractivity contribution is 0.781. The van der Waals surface area contributed by atoms with Gasteiger partial charge in [0.1, 0.15) is 10.9 Å². The van der Waals surface area contributed by atoms with Crippen molar-refractivity contribution >= 4 is 28.7 Å². The van der Waals surface area contributed by atoms with Gasteiger partial charge in [-0.05, 0) is 60.3 Å². The van der Waals surface area contributed by atoms with Gasteiger partial charge in [-0.15, -0.1) is 15.3 Å². The van der Waals surface area contributed by atoms with Crippen molar-refractivity contribution in [2.24, 2.45) is 0 Å². The number of aromatic nitrogens is 7. The molecule has 0 atom stereocenters. The van der Waals surface area contributed by atoms with Crippen molar-refractivity contribution in [3.63, 3.8) is 0 Å². The van der Waals surface area contributed by atoms with E-state index in [9.17, 15) is 0 Å². The van der Waals surface area contributed by atoms with Crippen LogP contribution in [0.25, 0.3) is 22.7 Å². The van der Waals surface area contributed by atoms with Gasteiger partial charge in [-0.3, -0.25) is 0 Å². The molecule has 6 rings (SSSR count). The topological polar surface area (TPSA) is 73.8 Å². The van der Waals surface area contributed by atoms with E-state index in [4.69, 9.17) is 15.2 Å². The highest BCUT2D eigenvalue weighted by Crippen LogP contribution is 2.40. The fourth-order valence-electron chi connectivity index (χ4n) is 3.20. The molecule has 7 nitrogen and oxygen atoms in total. The van der Waals surface area contributed by atoms with Gasteiger partial charge in [0, 0.05) is 16.9 Å². The molecule has 9 heteroatoms. The van der Waals surface area contributed by atoms with E-state index in [1.165, 1.54) is 24.6 Å². The highest BCUT2D eigenvalue weighted by atomic mass is 32.2. The molecule has 0 N–H and O–H groups in total. The molecule has 1 saturated carbocycles. The third-order valence-corrected chi connectivity index (χ3v) is 6.24. The van der Waals surface area contributed by atoms with E-state index in [2.05, 4.69) is 22.3 Å². The van der Waals surface area contributed by atoms with Crippen molar-refractivity contribution in [2.45, 2.75) is 28.9 Å². The minimum absolute atomic E-state index is 0.496. The molecule has 0 saturated heterocycles. The minimum Gasteiger partial charge on any atom is -0.216 e. The van der Waals surface area contributed by atoms with Gasteiger partial charge in [0.15, 0.2) is 11.5 Å². The summed E-state index contributed by atoms with van der Waals surface area (Å²) >= 11 is 3.09. The van der Waals surface area contributed by atoms with E-state index in [0.717, 1.165) is 33.6 Å². The summed E-state index contributed by atoms with van der Waals surface area (Å²) in [5.41, 5.74) is 2.77. The zero-order valence-corrected chi connectivity index (χ0v) is 16.8. The Bertz CT molecular complexity index is 1290. The van der Waals surface area contributed by atoms with Crippen LogP contribution in [0.2, 0.25) is 0 Å². The maximum atomic E-state index is 4.82. The van der Waals surface area contributed by atoms with E-state index in [-0.39, 0.29) is 0 Å². The van der Waals surface area contributed by atoms with Gasteiger partial charge < -0.3 is 0 Å². The van der Waals surface area contributed by atoms with Crippen LogP contribution in [0.15, 0.2) is 69.5 Å². The summed E-state index contributed by atoms with van der Waals surface area (Å²) < 4.78 is 3.74. The van der Waals surface area contributed by atoms with Gasteiger partial charge in [-0.2, -0.15) is 21.0 Å². The lowest BCUT2D eigenvalue weighted by Crippen LogP contribution is -2.01. The SMILES string of the molecule is c1ccc(-n2nc(Sc3ccc4nnc(-c5ccsc5)n4n3)nc2C2CC2)cc1. The molecular formula is C20H15N7S2. The number of rotatable bonds is 5. The van der Waals surface area contributed by atoms with Crippen LogP contribution in [-0.4, -0.2) is 34.6 Å². The zero-order valence-electron chi connectivity index (χ0n) is 15.2. The fraction of sp³-hybridized carbons (Fsp3) is 0.150. The predicted molar refractivity (Wildman–Crippen MR) is 112 cm³/mol. The Hall–Kier alpha value is -3.04. The molecule has 5 aromatic rings. The number of nitrogens with zero attached hydrogens (tertiary/aromatic N) is 7. The number of para-hydroxylation sites is 1. The lowest BCUT2D eigenvalue weighted by atomic mass is 10.3. The number of fused-ring (bicyclic) bond motifs is 1. The number of hydrogen-bond acceptors (Lipinski definition) is 7. The van der Waals surface area contributed by atoms with Crippen LogP contribution in [0, 0.1) is 0 Å². The van der Waals surface area contributed by atoms with Crippen molar-refractivity contribution in [2.75, 3.05) is 0 Å². The Kier molecular flexibility index (Phi) is 3.95. The van der Waals surface area contributed by atoms with Crippen LogP contribution in [0.5, 0.6) is 0 Å². The molecule has 0 amide bonds.